The van der Waals surface area contributed by atoms with E-state index in [2.05, 4.69) is 9.97 Å². The highest BCUT2D eigenvalue weighted by Crippen LogP contribution is 2.25. The molecule has 0 aliphatic heterocycles. The summed E-state index contributed by atoms with van der Waals surface area (Å²) in [6.07, 6.45) is 3.85. The Morgan fingerprint density at radius 1 is 0.741 bits per heavy atom. The first-order valence-electron chi connectivity index (χ1n) is 8.76. The number of aromatic nitrogens is 2. The Hall–Kier alpha value is -3.66. The van der Waals surface area contributed by atoms with Gasteiger partial charge in [-0.25, -0.2) is 9.97 Å². The van der Waals surface area contributed by atoms with E-state index < -0.39 is 0 Å². The van der Waals surface area contributed by atoms with Crippen molar-refractivity contribution in [3.63, 3.8) is 0 Å². The van der Waals surface area contributed by atoms with E-state index >= 15 is 0 Å². The van der Waals surface area contributed by atoms with Crippen LogP contribution in [0.25, 0.3) is 45.8 Å². The lowest BCUT2D eigenvalue weighted by atomic mass is 10.1. The molecule has 4 heteroatoms. The van der Waals surface area contributed by atoms with E-state index in [-0.39, 0.29) is 0 Å². The molecule has 0 atom stereocenters. The van der Waals surface area contributed by atoms with Crippen molar-refractivity contribution in [3.05, 3.63) is 83.7 Å². The number of rotatable bonds is 3. The molecule has 0 spiro atoms. The molecule has 2 aromatic heterocycles. The SMILES string of the molecule is Cc1ccc2oc(-c3ccc(/C=C\c4nc5ccccc5o4)cc3)nc2c1. The topological polar surface area (TPSA) is 52.1 Å². The molecule has 4 nitrogen and oxygen atoms in total. The monoisotopic (exact) mass is 352 g/mol. The average Bonchev–Trinajstić information content (AvgIpc) is 3.30. The molecule has 27 heavy (non-hydrogen) atoms. The maximum absolute atomic E-state index is 5.86. The minimum Gasteiger partial charge on any atom is -0.437 e. The standard InChI is InChI=1S/C23H16N2O2/c1-15-6-12-21-19(14-15)25-23(27-21)17-10-7-16(8-11-17)9-13-22-24-18-4-2-3-5-20(18)26-22/h2-14H,1H3/b13-9-. The highest BCUT2D eigenvalue weighted by Gasteiger charge is 2.08. The Bertz CT molecular complexity index is 1240. The van der Waals surface area contributed by atoms with Crippen molar-refractivity contribution in [2.45, 2.75) is 6.92 Å². The lowest BCUT2D eigenvalue weighted by Gasteiger charge is -1.96. The van der Waals surface area contributed by atoms with Crippen LogP contribution in [0.15, 0.2) is 75.6 Å². The largest absolute Gasteiger partial charge is 0.437 e. The van der Waals surface area contributed by atoms with Crippen molar-refractivity contribution >= 4 is 34.4 Å². The summed E-state index contributed by atoms with van der Waals surface area (Å²) < 4.78 is 11.6. The normalized spacial score (nSPS) is 11.7. The molecule has 5 aromatic rings. The molecule has 0 aliphatic carbocycles. The first-order chi connectivity index (χ1) is 13.2. The Morgan fingerprint density at radius 2 is 1.56 bits per heavy atom. The molecule has 0 fully saturated rings. The smallest absolute Gasteiger partial charge is 0.227 e. The van der Waals surface area contributed by atoms with E-state index in [0.717, 1.165) is 33.3 Å². The summed E-state index contributed by atoms with van der Waals surface area (Å²) in [6.45, 7) is 2.05. The second-order valence-electron chi connectivity index (χ2n) is 6.47. The molecule has 0 unspecified atom stereocenters. The van der Waals surface area contributed by atoms with Gasteiger partial charge in [-0.2, -0.15) is 0 Å². The molecule has 0 N–H and O–H groups in total. The molecule has 0 radical (unpaired) electrons. The molecule has 130 valence electrons. The zero-order valence-electron chi connectivity index (χ0n) is 14.7. The van der Waals surface area contributed by atoms with Crippen LogP contribution in [0.2, 0.25) is 0 Å². The molecule has 2 heterocycles. The van der Waals surface area contributed by atoms with Crippen LogP contribution < -0.4 is 0 Å². The van der Waals surface area contributed by atoms with Crippen molar-refractivity contribution < 1.29 is 8.83 Å². The molecule has 0 saturated carbocycles. The minimum absolute atomic E-state index is 0.592. The van der Waals surface area contributed by atoms with E-state index in [1.54, 1.807) is 0 Å². The third kappa shape index (κ3) is 3.02. The quantitative estimate of drug-likeness (QED) is 0.393. The molecule has 0 amide bonds. The van der Waals surface area contributed by atoms with Crippen molar-refractivity contribution in [2.24, 2.45) is 0 Å². The van der Waals surface area contributed by atoms with Crippen LogP contribution in [-0.4, -0.2) is 9.97 Å². The lowest BCUT2D eigenvalue weighted by Crippen LogP contribution is -1.78. The zero-order chi connectivity index (χ0) is 18.2. The summed E-state index contributed by atoms with van der Waals surface area (Å²) in [5.41, 5.74) is 6.50. The number of aryl methyl sites for hydroxylation is 1. The fourth-order valence-electron chi connectivity index (χ4n) is 3.03. The Morgan fingerprint density at radius 3 is 2.41 bits per heavy atom. The highest BCUT2D eigenvalue weighted by atomic mass is 16.4. The first kappa shape index (κ1) is 15.6. The summed E-state index contributed by atoms with van der Waals surface area (Å²) in [6, 6.07) is 21.8. The number of oxazole rings is 2. The highest BCUT2D eigenvalue weighted by molar-refractivity contribution is 5.78. The average molecular weight is 352 g/mol. The predicted molar refractivity (Wildman–Crippen MR) is 107 cm³/mol. The number of benzene rings is 3. The third-order valence-electron chi connectivity index (χ3n) is 4.43. The van der Waals surface area contributed by atoms with E-state index in [0.29, 0.717) is 11.8 Å². The van der Waals surface area contributed by atoms with E-state index in [9.17, 15) is 0 Å². The fraction of sp³-hybridized carbons (Fsp3) is 0.0435. The van der Waals surface area contributed by atoms with E-state index in [1.165, 1.54) is 5.56 Å². The van der Waals surface area contributed by atoms with Crippen LogP contribution in [0.4, 0.5) is 0 Å². The van der Waals surface area contributed by atoms with Gasteiger partial charge in [0.25, 0.3) is 0 Å². The van der Waals surface area contributed by atoms with Gasteiger partial charge in [0.15, 0.2) is 11.2 Å². The van der Waals surface area contributed by atoms with Crippen molar-refractivity contribution in [3.8, 4) is 11.5 Å². The molecule has 0 saturated heterocycles. The van der Waals surface area contributed by atoms with Crippen LogP contribution >= 0.6 is 0 Å². The lowest BCUT2D eigenvalue weighted by molar-refractivity contribution is 0.589. The summed E-state index contributed by atoms with van der Waals surface area (Å²) in [5, 5.41) is 0. The minimum atomic E-state index is 0.592. The van der Waals surface area contributed by atoms with Gasteiger partial charge in [-0.05, 0) is 60.5 Å². The summed E-state index contributed by atoms with van der Waals surface area (Å²) in [7, 11) is 0. The van der Waals surface area contributed by atoms with Crippen molar-refractivity contribution in [1.82, 2.24) is 9.97 Å². The van der Waals surface area contributed by atoms with E-state index in [4.69, 9.17) is 8.83 Å². The molecule has 0 bridgehead atoms. The Kier molecular flexibility index (Phi) is 3.61. The first-order valence-corrected chi connectivity index (χ1v) is 8.76. The Labute approximate surface area is 155 Å². The summed E-state index contributed by atoms with van der Waals surface area (Å²) >= 11 is 0. The van der Waals surface area contributed by atoms with Crippen LogP contribution in [0.1, 0.15) is 17.0 Å². The predicted octanol–water partition coefficient (Wildman–Crippen LogP) is 6.11. The zero-order valence-corrected chi connectivity index (χ0v) is 14.7. The van der Waals surface area contributed by atoms with Crippen LogP contribution in [0, 0.1) is 6.92 Å². The number of para-hydroxylation sites is 2. The van der Waals surface area contributed by atoms with Crippen LogP contribution in [0.3, 0.4) is 0 Å². The van der Waals surface area contributed by atoms with Gasteiger partial charge >= 0.3 is 0 Å². The molecular formula is C23H16N2O2. The molecule has 0 aliphatic rings. The maximum Gasteiger partial charge on any atom is 0.227 e. The van der Waals surface area contributed by atoms with Crippen molar-refractivity contribution in [2.75, 3.05) is 0 Å². The van der Waals surface area contributed by atoms with Gasteiger partial charge in [-0.15, -0.1) is 0 Å². The third-order valence-corrected chi connectivity index (χ3v) is 4.43. The fourth-order valence-corrected chi connectivity index (χ4v) is 3.03. The summed E-state index contributed by atoms with van der Waals surface area (Å²) in [5.74, 6) is 1.22. The van der Waals surface area contributed by atoms with Gasteiger partial charge in [0.05, 0.1) is 0 Å². The molecule has 3 aromatic carbocycles. The van der Waals surface area contributed by atoms with Crippen molar-refractivity contribution in [1.29, 1.82) is 0 Å². The van der Waals surface area contributed by atoms with Gasteiger partial charge in [-0.3, -0.25) is 0 Å². The number of nitrogens with zero attached hydrogens (tertiary/aromatic N) is 2. The van der Waals surface area contributed by atoms with Crippen LogP contribution in [0.5, 0.6) is 0 Å². The van der Waals surface area contributed by atoms with Gasteiger partial charge in [-0.1, -0.05) is 30.3 Å². The number of hydrogen-bond donors (Lipinski definition) is 0. The second kappa shape index (κ2) is 6.25. The molecular weight excluding hydrogens is 336 g/mol. The number of fused-ring (bicyclic) bond motifs is 2. The second-order valence-corrected chi connectivity index (χ2v) is 6.47. The van der Waals surface area contributed by atoms with Crippen LogP contribution in [-0.2, 0) is 0 Å². The van der Waals surface area contributed by atoms with Gasteiger partial charge in [0, 0.05) is 11.6 Å². The van der Waals surface area contributed by atoms with E-state index in [1.807, 2.05) is 85.8 Å². The summed E-state index contributed by atoms with van der Waals surface area (Å²) in [4.78, 5) is 9.03. The number of hydrogen-bond acceptors (Lipinski definition) is 4. The maximum atomic E-state index is 5.86. The van der Waals surface area contributed by atoms with Gasteiger partial charge < -0.3 is 8.83 Å². The molecule has 5 rings (SSSR count). The van der Waals surface area contributed by atoms with Gasteiger partial charge in [0.2, 0.25) is 11.8 Å². The van der Waals surface area contributed by atoms with Gasteiger partial charge in [0.1, 0.15) is 11.0 Å². The Balaban J connectivity index is 1.40.